The molecular formula is C25H34N4O3. The SMILES string of the molecule is CCC(=O)Nc1ccc(N2CCN(c3ccccc3OC)CC2)c(C(=O)NCC(C)C)c1. The summed E-state index contributed by atoms with van der Waals surface area (Å²) in [5.41, 5.74) is 3.20. The largest absolute Gasteiger partial charge is 0.495 e. The predicted molar refractivity (Wildman–Crippen MR) is 130 cm³/mol. The first-order chi connectivity index (χ1) is 15.4. The molecule has 3 rings (SSSR count). The molecule has 1 heterocycles. The Morgan fingerprint density at radius 3 is 2.28 bits per heavy atom. The summed E-state index contributed by atoms with van der Waals surface area (Å²) in [5.74, 6) is 1.03. The molecule has 0 radical (unpaired) electrons. The fourth-order valence-corrected chi connectivity index (χ4v) is 3.79. The molecule has 0 unspecified atom stereocenters. The summed E-state index contributed by atoms with van der Waals surface area (Å²) < 4.78 is 5.52. The zero-order chi connectivity index (χ0) is 23.1. The van der Waals surface area contributed by atoms with Gasteiger partial charge in [-0.2, -0.15) is 0 Å². The van der Waals surface area contributed by atoms with Crippen molar-refractivity contribution in [3.63, 3.8) is 0 Å². The topological polar surface area (TPSA) is 73.9 Å². The minimum atomic E-state index is -0.117. The molecule has 1 fully saturated rings. The first-order valence-corrected chi connectivity index (χ1v) is 11.3. The fourth-order valence-electron chi connectivity index (χ4n) is 3.79. The maximum Gasteiger partial charge on any atom is 0.253 e. The molecule has 0 bridgehead atoms. The molecule has 7 nitrogen and oxygen atoms in total. The van der Waals surface area contributed by atoms with Crippen molar-refractivity contribution in [1.82, 2.24) is 5.32 Å². The lowest BCUT2D eigenvalue weighted by atomic mass is 10.1. The zero-order valence-corrected chi connectivity index (χ0v) is 19.5. The second-order valence-corrected chi connectivity index (χ2v) is 8.38. The Morgan fingerprint density at radius 2 is 1.66 bits per heavy atom. The van der Waals surface area contributed by atoms with E-state index in [-0.39, 0.29) is 11.8 Å². The van der Waals surface area contributed by atoms with Gasteiger partial charge in [0, 0.05) is 50.5 Å². The molecule has 2 aromatic rings. The molecule has 0 aromatic heterocycles. The molecule has 0 spiro atoms. The van der Waals surface area contributed by atoms with Crippen LogP contribution in [0.15, 0.2) is 42.5 Å². The Labute approximate surface area is 190 Å². The number of carbonyl (C=O) groups excluding carboxylic acids is 2. The third-order valence-electron chi connectivity index (χ3n) is 5.56. The van der Waals surface area contributed by atoms with Crippen molar-refractivity contribution in [2.24, 2.45) is 5.92 Å². The maximum absolute atomic E-state index is 13.0. The van der Waals surface area contributed by atoms with E-state index in [0.717, 1.165) is 43.3 Å². The highest BCUT2D eigenvalue weighted by atomic mass is 16.5. The van der Waals surface area contributed by atoms with Gasteiger partial charge in [-0.3, -0.25) is 9.59 Å². The number of piperazine rings is 1. The van der Waals surface area contributed by atoms with Crippen molar-refractivity contribution in [3.8, 4) is 5.75 Å². The second-order valence-electron chi connectivity index (χ2n) is 8.38. The Balaban J connectivity index is 1.80. The zero-order valence-electron chi connectivity index (χ0n) is 19.5. The summed E-state index contributed by atoms with van der Waals surface area (Å²) in [5, 5.41) is 5.88. The van der Waals surface area contributed by atoms with Gasteiger partial charge < -0.3 is 25.2 Å². The number of methoxy groups -OCH3 is 1. The van der Waals surface area contributed by atoms with Gasteiger partial charge in [0.25, 0.3) is 5.91 Å². The fraction of sp³-hybridized carbons (Fsp3) is 0.440. The van der Waals surface area contributed by atoms with E-state index in [2.05, 4.69) is 40.3 Å². The normalized spacial score (nSPS) is 13.8. The molecule has 2 N–H and O–H groups in total. The number of nitrogens with one attached hydrogen (secondary N) is 2. The molecule has 32 heavy (non-hydrogen) atoms. The quantitative estimate of drug-likeness (QED) is 0.657. The molecule has 1 aliphatic rings. The average molecular weight is 439 g/mol. The lowest BCUT2D eigenvalue weighted by Crippen LogP contribution is -2.47. The van der Waals surface area contributed by atoms with Crippen LogP contribution in [0, 0.1) is 5.92 Å². The van der Waals surface area contributed by atoms with Gasteiger partial charge in [-0.1, -0.05) is 32.9 Å². The van der Waals surface area contributed by atoms with Crippen molar-refractivity contribution in [2.75, 3.05) is 55.0 Å². The van der Waals surface area contributed by atoms with E-state index < -0.39 is 0 Å². The summed E-state index contributed by atoms with van der Waals surface area (Å²) in [6.07, 6.45) is 0.390. The highest BCUT2D eigenvalue weighted by Crippen LogP contribution is 2.31. The van der Waals surface area contributed by atoms with E-state index in [1.807, 2.05) is 30.3 Å². The summed E-state index contributed by atoms with van der Waals surface area (Å²) >= 11 is 0. The molecular weight excluding hydrogens is 404 g/mol. The molecule has 7 heteroatoms. The first kappa shape index (κ1) is 23.4. The Morgan fingerprint density at radius 1 is 1.00 bits per heavy atom. The van der Waals surface area contributed by atoms with E-state index in [1.54, 1.807) is 20.1 Å². The van der Waals surface area contributed by atoms with E-state index in [9.17, 15) is 9.59 Å². The third-order valence-corrected chi connectivity index (χ3v) is 5.56. The van der Waals surface area contributed by atoms with Crippen LogP contribution < -0.4 is 25.2 Å². The van der Waals surface area contributed by atoms with Crippen LogP contribution in [-0.4, -0.2) is 51.6 Å². The van der Waals surface area contributed by atoms with Crippen LogP contribution in [0.5, 0.6) is 5.75 Å². The number of hydrogen-bond acceptors (Lipinski definition) is 5. The van der Waals surface area contributed by atoms with Crippen LogP contribution in [0.4, 0.5) is 17.1 Å². The number of amides is 2. The molecule has 2 amide bonds. The molecule has 1 saturated heterocycles. The first-order valence-electron chi connectivity index (χ1n) is 11.3. The van der Waals surface area contributed by atoms with Gasteiger partial charge in [-0.05, 0) is 36.2 Å². The smallest absolute Gasteiger partial charge is 0.253 e. The molecule has 0 atom stereocenters. The summed E-state index contributed by atoms with van der Waals surface area (Å²) in [4.78, 5) is 29.4. The Kier molecular flexibility index (Phi) is 7.98. The van der Waals surface area contributed by atoms with Gasteiger partial charge >= 0.3 is 0 Å². The Bertz CT molecular complexity index is 937. The lowest BCUT2D eigenvalue weighted by Gasteiger charge is -2.38. The van der Waals surface area contributed by atoms with Gasteiger partial charge in [0.2, 0.25) is 5.91 Å². The van der Waals surface area contributed by atoms with Crippen molar-refractivity contribution in [3.05, 3.63) is 48.0 Å². The van der Waals surface area contributed by atoms with Gasteiger partial charge in [0.15, 0.2) is 0 Å². The van der Waals surface area contributed by atoms with Gasteiger partial charge in [0.1, 0.15) is 5.75 Å². The predicted octanol–water partition coefficient (Wildman–Crippen LogP) is 3.76. The van der Waals surface area contributed by atoms with E-state index >= 15 is 0 Å². The molecule has 172 valence electrons. The Hall–Kier alpha value is -3.22. The minimum absolute atomic E-state index is 0.0725. The standard InChI is InChI=1S/C25H34N4O3/c1-5-24(30)27-19-10-11-21(20(16-19)25(31)26-17-18(2)3)28-12-14-29(15-13-28)22-8-6-7-9-23(22)32-4/h6-11,16,18H,5,12-15,17H2,1-4H3,(H,26,31)(H,27,30). The number of benzene rings is 2. The number of ether oxygens (including phenoxy) is 1. The summed E-state index contributed by atoms with van der Waals surface area (Å²) in [6, 6.07) is 13.6. The number of carbonyl (C=O) groups is 2. The van der Waals surface area contributed by atoms with E-state index in [1.165, 1.54) is 0 Å². The molecule has 1 aliphatic heterocycles. The van der Waals surface area contributed by atoms with Crippen molar-refractivity contribution in [2.45, 2.75) is 27.2 Å². The lowest BCUT2D eigenvalue weighted by molar-refractivity contribution is -0.115. The van der Waals surface area contributed by atoms with E-state index in [4.69, 9.17) is 4.74 Å². The highest BCUT2D eigenvalue weighted by molar-refractivity contribution is 6.02. The van der Waals surface area contributed by atoms with Crippen molar-refractivity contribution >= 4 is 28.9 Å². The van der Waals surface area contributed by atoms with E-state index in [0.29, 0.717) is 30.1 Å². The van der Waals surface area contributed by atoms with Crippen LogP contribution in [0.25, 0.3) is 0 Å². The van der Waals surface area contributed by atoms with Gasteiger partial charge in [-0.15, -0.1) is 0 Å². The van der Waals surface area contributed by atoms with Crippen LogP contribution in [0.1, 0.15) is 37.6 Å². The number of rotatable bonds is 8. The number of anilines is 3. The summed E-state index contributed by atoms with van der Waals surface area (Å²) in [7, 11) is 1.69. The summed E-state index contributed by atoms with van der Waals surface area (Å²) in [6.45, 7) is 9.74. The van der Waals surface area contributed by atoms with Gasteiger partial charge in [0.05, 0.1) is 18.4 Å². The monoisotopic (exact) mass is 438 g/mol. The van der Waals surface area contributed by atoms with Gasteiger partial charge in [-0.25, -0.2) is 0 Å². The molecule has 0 saturated carbocycles. The van der Waals surface area contributed by atoms with Crippen molar-refractivity contribution < 1.29 is 14.3 Å². The number of hydrogen-bond donors (Lipinski definition) is 2. The highest BCUT2D eigenvalue weighted by Gasteiger charge is 2.23. The second kappa shape index (κ2) is 10.9. The van der Waals surface area contributed by atoms with Crippen LogP contribution >= 0.6 is 0 Å². The number of nitrogens with zero attached hydrogens (tertiary/aromatic N) is 2. The minimum Gasteiger partial charge on any atom is -0.495 e. The third kappa shape index (κ3) is 5.72. The molecule has 2 aromatic carbocycles. The van der Waals surface area contributed by atoms with Crippen molar-refractivity contribution in [1.29, 1.82) is 0 Å². The van der Waals surface area contributed by atoms with Crippen LogP contribution in [-0.2, 0) is 4.79 Å². The maximum atomic E-state index is 13.0. The molecule has 0 aliphatic carbocycles. The van der Waals surface area contributed by atoms with Crippen LogP contribution in [0.2, 0.25) is 0 Å². The number of para-hydroxylation sites is 2. The average Bonchev–Trinajstić information content (AvgIpc) is 2.82. The van der Waals surface area contributed by atoms with Crippen LogP contribution in [0.3, 0.4) is 0 Å².